The number of H-pyrrole nitrogens is 1. The number of anilines is 1. The maximum atomic E-state index is 13.2. The molecule has 0 aliphatic carbocycles. The fraction of sp³-hybridized carbons (Fsp3) is 0.333. The lowest BCUT2D eigenvalue weighted by Gasteiger charge is -2.17. The lowest BCUT2D eigenvalue weighted by atomic mass is 9.92. The highest BCUT2D eigenvalue weighted by Crippen LogP contribution is 2.36. The predicted octanol–water partition coefficient (Wildman–Crippen LogP) is 3.77. The van der Waals surface area contributed by atoms with Gasteiger partial charge in [-0.15, -0.1) is 0 Å². The van der Waals surface area contributed by atoms with E-state index in [1.54, 1.807) is 4.57 Å². The zero-order chi connectivity index (χ0) is 30.4. The molecule has 0 unspecified atom stereocenters. The first-order valence-electron chi connectivity index (χ1n) is 15.1. The molecule has 11 heteroatoms. The zero-order valence-corrected chi connectivity index (χ0v) is 24.1. The van der Waals surface area contributed by atoms with Gasteiger partial charge in [-0.05, 0) is 51.2 Å². The summed E-state index contributed by atoms with van der Waals surface area (Å²) < 4.78 is 7.58. The van der Waals surface area contributed by atoms with Crippen LogP contribution in [0.2, 0.25) is 0 Å². The monoisotopic (exact) mass is 594 g/mol. The van der Waals surface area contributed by atoms with Crippen LogP contribution < -0.4 is 16.6 Å². The van der Waals surface area contributed by atoms with Gasteiger partial charge in [0.05, 0.1) is 12.7 Å². The van der Waals surface area contributed by atoms with Crippen molar-refractivity contribution in [2.45, 2.75) is 57.0 Å². The molecule has 1 amide bonds. The van der Waals surface area contributed by atoms with E-state index in [9.17, 15) is 19.8 Å². The molecule has 0 saturated carbocycles. The smallest absolute Gasteiger partial charge is 0.280 e. The number of benzene rings is 4. The van der Waals surface area contributed by atoms with Crippen molar-refractivity contribution in [3.8, 4) is 0 Å². The second kappa shape index (κ2) is 11.5. The standard InChI is InChI=1S/C33H34N6O5/c34-33-37-30-29(32(43)38-33)36-25(39(30)26-16-23(41)24(17-40)44-26)8-3-1-2-4-15-35-31(42)22-14-12-20-10-9-18-6-5-7-19-11-13-21(22)28(20)27(18)19/h5-7,9-14,23-24,26,40-41H,1-4,8,15-17H2,(H,35,42)(H3,34,37,38,43)/t23-,24+,26+/m0/s1. The second-order valence-corrected chi connectivity index (χ2v) is 11.5. The number of aliphatic hydroxyl groups excluding tert-OH is 2. The third-order valence-electron chi connectivity index (χ3n) is 8.70. The maximum Gasteiger partial charge on any atom is 0.280 e. The molecule has 4 aromatic carbocycles. The highest BCUT2D eigenvalue weighted by atomic mass is 16.5. The summed E-state index contributed by atoms with van der Waals surface area (Å²) in [7, 11) is 0. The van der Waals surface area contributed by atoms with Gasteiger partial charge >= 0.3 is 0 Å². The van der Waals surface area contributed by atoms with E-state index in [2.05, 4.69) is 56.7 Å². The molecule has 226 valence electrons. The first kappa shape index (κ1) is 28.2. The summed E-state index contributed by atoms with van der Waals surface area (Å²) in [6, 6.07) is 18.6. The molecule has 6 aromatic rings. The molecule has 2 aromatic heterocycles. The minimum absolute atomic E-state index is 0.0309. The number of carbonyl (C=O) groups is 1. The number of nitrogens with one attached hydrogen (secondary N) is 2. The van der Waals surface area contributed by atoms with Crippen LogP contribution in [0, 0.1) is 0 Å². The van der Waals surface area contributed by atoms with Crippen molar-refractivity contribution in [2.24, 2.45) is 0 Å². The number of unbranched alkanes of at least 4 members (excludes halogenated alkanes) is 3. The average Bonchev–Trinajstić information content (AvgIpc) is 3.58. The van der Waals surface area contributed by atoms with Crippen molar-refractivity contribution in [2.75, 3.05) is 18.9 Å². The van der Waals surface area contributed by atoms with E-state index >= 15 is 0 Å². The summed E-state index contributed by atoms with van der Waals surface area (Å²) in [6.45, 7) is 0.247. The van der Waals surface area contributed by atoms with Crippen molar-refractivity contribution in [1.82, 2.24) is 24.8 Å². The number of hydrogen-bond donors (Lipinski definition) is 5. The van der Waals surface area contributed by atoms with Crippen LogP contribution in [-0.2, 0) is 11.2 Å². The summed E-state index contributed by atoms with van der Waals surface area (Å²) in [4.78, 5) is 37.0. The number of aryl methyl sites for hydroxylation is 1. The topological polar surface area (TPSA) is 168 Å². The molecule has 1 fully saturated rings. The van der Waals surface area contributed by atoms with Crippen LogP contribution in [0.25, 0.3) is 43.5 Å². The number of ether oxygens (including phenoxy) is 1. The molecular formula is C33H34N6O5. The van der Waals surface area contributed by atoms with E-state index in [4.69, 9.17) is 10.5 Å². The van der Waals surface area contributed by atoms with Gasteiger partial charge in [0.2, 0.25) is 5.95 Å². The number of fused-ring (bicyclic) bond motifs is 1. The molecular weight excluding hydrogens is 560 g/mol. The Morgan fingerprint density at radius 1 is 1.00 bits per heavy atom. The fourth-order valence-corrected chi connectivity index (χ4v) is 6.55. The molecule has 3 atom stereocenters. The van der Waals surface area contributed by atoms with Gasteiger partial charge in [-0.1, -0.05) is 61.4 Å². The van der Waals surface area contributed by atoms with E-state index in [1.165, 1.54) is 16.2 Å². The number of rotatable bonds is 10. The minimum atomic E-state index is -0.841. The molecule has 44 heavy (non-hydrogen) atoms. The maximum absolute atomic E-state index is 13.2. The first-order chi connectivity index (χ1) is 21.4. The Labute approximate surface area is 252 Å². The molecule has 0 bridgehead atoms. The largest absolute Gasteiger partial charge is 0.394 e. The summed E-state index contributed by atoms with van der Waals surface area (Å²) in [5, 5.41) is 29.7. The quantitative estimate of drug-likeness (QED) is 0.118. The van der Waals surface area contributed by atoms with Gasteiger partial charge in [-0.25, -0.2) is 4.98 Å². The van der Waals surface area contributed by atoms with Crippen molar-refractivity contribution in [3.05, 3.63) is 76.3 Å². The molecule has 1 aliphatic rings. The normalized spacial score (nSPS) is 18.7. The van der Waals surface area contributed by atoms with Crippen LogP contribution in [0.1, 0.15) is 54.5 Å². The SMILES string of the molecule is Nc1nc2c(nc(CCCCCCNC(=O)c3ccc4ccc5cccc6ccc3c4c56)n2[C@H]2C[C@H](O)[C@@H](CO)O2)c(=O)[nH]1. The van der Waals surface area contributed by atoms with Crippen molar-refractivity contribution in [1.29, 1.82) is 0 Å². The minimum Gasteiger partial charge on any atom is -0.394 e. The number of carbonyl (C=O) groups excluding carboxylic acids is 1. The molecule has 11 nitrogen and oxygen atoms in total. The Kier molecular flexibility index (Phi) is 7.37. The van der Waals surface area contributed by atoms with Crippen LogP contribution in [0.15, 0.2) is 59.4 Å². The molecule has 1 aliphatic heterocycles. The molecule has 6 N–H and O–H groups in total. The summed E-state index contributed by atoms with van der Waals surface area (Å²) >= 11 is 0. The molecule has 0 radical (unpaired) electrons. The Balaban J connectivity index is 0.977. The Hall–Kier alpha value is -4.58. The van der Waals surface area contributed by atoms with Crippen molar-refractivity contribution in [3.63, 3.8) is 0 Å². The Bertz CT molecular complexity index is 2040. The van der Waals surface area contributed by atoms with Crippen molar-refractivity contribution >= 4 is 55.3 Å². The number of aromatic amines is 1. The van der Waals surface area contributed by atoms with E-state index in [0.717, 1.165) is 41.8 Å². The van der Waals surface area contributed by atoms with E-state index in [1.807, 2.05) is 18.2 Å². The third kappa shape index (κ3) is 4.92. The van der Waals surface area contributed by atoms with Crippen LogP contribution >= 0.6 is 0 Å². The molecule has 7 rings (SSSR count). The number of hydrogen-bond acceptors (Lipinski definition) is 8. The summed E-state index contributed by atoms with van der Waals surface area (Å²) in [5.41, 5.74) is 6.50. The van der Waals surface area contributed by atoms with Gasteiger partial charge in [0.1, 0.15) is 18.2 Å². The zero-order valence-electron chi connectivity index (χ0n) is 24.1. The summed E-state index contributed by atoms with van der Waals surface area (Å²) in [6.07, 6.45) is 2.01. The van der Waals surface area contributed by atoms with Gasteiger partial charge in [0, 0.05) is 24.9 Å². The number of nitrogens with two attached hydrogens (primary N) is 1. The predicted molar refractivity (Wildman–Crippen MR) is 169 cm³/mol. The van der Waals surface area contributed by atoms with Gasteiger partial charge in [0.25, 0.3) is 11.5 Å². The number of aromatic nitrogens is 4. The Morgan fingerprint density at radius 3 is 2.50 bits per heavy atom. The number of nitrogen functional groups attached to an aromatic ring is 1. The number of imidazole rings is 1. The molecule has 1 saturated heterocycles. The third-order valence-corrected chi connectivity index (χ3v) is 8.70. The van der Waals surface area contributed by atoms with Crippen LogP contribution in [-0.4, -0.2) is 61.0 Å². The number of nitrogens with zero attached hydrogens (tertiary/aromatic N) is 3. The average molecular weight is 595 g/mol. The molecule has 0 spiro atoms. The van der Waals surface area contributed by atoms with Gasteiger partial charge in [-0.2, -0.15) is 4.98 Å². The highest BCUT2D eigenvalue weighted by Gasteiger charge is 2.36. The van der Waals surface area contributed by atoms with Gasteiger partial charge < -0.3 is 26.0 Å². The lowest BCUT2D eigenvalue weighted by molar-refractivity contribution is -0.0440. The van der Waals surface area contributed by atoms with Crippen LogP contribution in [0.3, 0.4) is 0 Å². The van der Waals surface area contributed by atoms with Crippen LogP contribution in [0.4, 0.5) is 5.95 Å². The van der Waals surface area contributed by atoms with E-state index in [-0.39, 0.29) is 30.4 Å². The van der Waals surface area contributed by atoms with E-state index < -0.39 is 24.0 Å². The van der Waals surface area contributed by atoms with Crippen molar-refractivity contribution < 1.29 is 19.7 Å². The van der Waals surface area contributed by atoms with E-state index in [0.29, 0.717) is 30.0 Å². The second-order valence-electron chi connectivity index (χ2n) is 11.5. The van der Waals surface area contributed by atoms with Gasteiger partial charge in [-0.3, -0.25) is 19.1 Å². The first-order valence-corrected chi connectivity index (χ1v) is 15.1. The number of aliphatic hydroxyl groups is 2. The molecule has 3 heterocycles. The van der Waals surface area contributed by atoms with Crippen LogP contribution in [0.5, 0.6) is 0 Å². The fourth-order valence-electron chi connectivity index (χ4n) is 6.55. The van der Waals surface area contributed by atoms with Gasteiger partial charge in [0.15, 0.2) is 11.2 Å². The summed E-state index contributed by atoms with van der Waals surface area (Å²) in [5.74, 6) is 0.506. The number of amides is 1. The lowest BCUT2D eigenvalue weighted by Crippen LogP contribution is -2.24. The highest BCUT2D eigenvalue weighted by molar-refractivity contribution is 6.26. The Morgan fingerprint density at radius 2 is 1.73 bits per heavy atom.